The second-order valence-corrected chi connectivity index (χ2v) is 7.09. The molecule has 154 valence electrons. The molecule has 0 spiro atoms. The van der Waals surface area contributed by atoms with Gasteiger partial charge in [0.25, 0.3) is 5.91 Å². The lowest BCUT2D eigenvalue weighted by Crippen LogP contribution is -2.13. The summed E-state index contributed by atoms with van der Waals surface area (Å²) in [5.41, 5.74) is 17.8. The monoisotopic (exact) mass is 410 g/mol. The summed E-state index contributed by atoms with van der Waals surface area (Å²) in [7, 11) is 0. The number of amides is 2. The van der Waals surface area contributed by atoms with Crippen molar-refractivity contribution >= 4 is 28.4 Å². The number of benzene rings is 3. The zero-order chi connectivity index (χ0) is 22.0. The van der Waals surface area contributed by atoms with Gasteiger partial charge in [0.05, 0.1) is 11.1 Å². The zero-order valence-corrected chi connectivity index (χ0v) is 16.8. The van der Waals surface area contributed by atoms with E-state index in [1.807, 2.05) is 54.6 Å². The molecule has 0 radical (unpaired) electrons. The molecule has 0 bridgehead atoms. The minimum atomic E-state index is -0.510. The van der Waals surface area contributed by atoms with Crippen LogP contribution in [-0.4, -0.2) is 16.8 Å². The van der Waals surface area contributed by atoms with Crippen molar-refractivity contribution in [2.45, 2.75) is 6.54 Å². The van der Waals surface area contributed by atoms with Crippen LogP contribution in [0.3, 0.4) is 0 Å². The molecule has 0 aliphatic heterocycles. The second kappa shape index (κ2) is 8.30. The van der Waals surface area contributed by atoms with Gasteiger partial charge in [-0.3, -0.25) is 9.59 Å². The summed E-state index contributed by atoms with van der Waals surface area (Å²) in [5.74, 6) is -0.821. The van der Waals surface area contributed by atoms with E-state index in [1.54, 1.807) is 12.1 Å². The van der Waals surface area contributed by atoms with Gasteiger partial charge in [-0.05, 0) is 46.5 Å². The Bertz CT molecular complexity index is 1310. The summed E-state index contributed by atoms with van der Waals surface area (Å²) in [6.45, 7) is 3.72. The van der Waals surface area contributed by atoms with E-state index in [-0.39, 0.29) is 12.5 Å². The van der Waals surface area contributed by atoms with Crippen molar-refractivity contribution in [3.63, 3.8) is 0 Å². The van der Waals surface area contributed by atoms with Gasteiger partial charge in [0, 0.05) is 23.3 Å². The van der Waals surface area contributed by atoms with Gasteiger partial charge in [0.1, 0.15) is 0 Å². The van der Waals surface area contributed by atoms with Crippen LogP contribution < -0.4 is 16.8 Å². The topological polar surface area (TPSA) is 114 Å². The molecule has 3 aromatic carbocycles. The van der Waals surface area contributed by atoms with E-state index < -0.39 is 5.91 Å². The van der Waals surface area contributed by atoms with Crippen molar-refractivity contribution in [2.75, 3.05) is 5.32 Å². The molecule has 0 unspecified atom stereocenters. The maximum Gasteiger partial charge on any atom is 0.250 e. The molecule has 4 aromatic rings. The number of aromatic amines is 1. The van der Waals surface area contributed by atoms with Crippen LogP contribution in [0.5, 0.6) is 0 Å². The molecule has 0 aliphatic rings. The number of H-pyrrole nitrogens is 1. The van der Waals surface area contributed by atoms with Crippen molar-refractivity contribution in [3.8, 4) is 22.4 Å². The van der Waals surface area contributed by atoms with E-state index in [0.717, 1.165) is 33.3 Å². The highest BCUT2D eigenvalue weighted by Gasteiger charge is 2.18. The van der Waals surface area contributed by atoms with Gasteiger partial charge in [-0.15, -0.1) is 0 Å². The van der Waals surface area contributed by atoms with E-state index in [0.29, 0.717) is 16.8 Å². The van der Waals surface area contributed by atoms with Gasteiger partial charge in [-0.25, -0.2) is 0 Å². The fourth-order valence-electron chi connectivity index (χ4n) is 3.79. The molecule has 0 fully saturated rings. The van der Waals surface area contributed by atoms with Gasteiger partial charge in [0.15, 0.2) is 0 Å². The molecule has 6 heteroatoms. The van der Waals surface area contributed by atoms with Gasteiger partial charge < -0.3 is 21.8 Å². The number of nitrogens with two attached hydrogens (primary N) is 2. The molecule has 1 aromatic heterocycles. The minimum absolute atomic E-state index is 0.220. The molecular weight excluding hydrogens is 388 g/mol. The number of carbonyl (C=O) groups excluding carboxylic acids is 2. The first kappa shape index (κ1) is 20.1. The van der Waals surface area contributed by atoms with E-state index in [9.17, 15) is 9.59 Å². The molecule has 0 atom stereocenters. The summed E-state index contributed by atoms with van der Waals surface area (Å²) in [5, 5.41) is 3.66. The highest BCUT2D eigenvalue weighted by Crippen LogP contribution is 2.37. The molecule has 0 aliphatic carbocycles. The smallest absolute Gasteiger partial charge is 0.250 e. The van der Waals surface area contributed by atoms with Gasteiger partial charge in [-0.1, -0.05) is 55.1 Å². The molecular formula is C25H22N4O2. The van der Waals surface area contributed by atoms with E-state index >= 15 is 0 Å². The Hall–Kier alpha value is -4.16. The molecule has 4 rings (SSSR count). The number of carbonyl (C=O) groups is 2. The van der Waals surface area contributed by atoms with E-state index in [1.165, 1.54) is 6.08 Å². The summed E-state index contributed by atoms with van der Waals surface area (Å²) in [4.78, 5) is 27.3. The third-order valence-electron chi connectivity index (χ3n) is 5.26. The molecule has 0 saturated carbocycles. The number of primary amides is 1. The zero-order valence-electron chi connectivity index (χ0n) is 16.8. The predicted octanol–water partition coefficient (Wildman–Crippen LogP) is 4.18. The highest BCUT2D eigenvalue weighted by atomic mass is 16.1. The predicted molar refractivity (Wildman–Crippen MR) is 124 cm³/mol. The average Bonchev–Trinajstić information content (AvgIpc) is 3.24. The van der Waals surface area contributed by atoms with Gasteiger partial charge in [-0.2, -0.15) is 0 Å². The largest absolute Gasteiger partial charge is 0.366 e. The normalized spacial score (nSPS) is 10.7. The lowest BCUT2D eigenvalue weighted by molar-refractivity contribution is -0.111. The molecule has 2 amide bonds. The Morgan fingerprint density at radius 1 is 1.00 bits per heavy atom. The number of fused-ring (bicyclic) bond motifs is 1. The summed E-state index contributed by atoms with van der Waals surface area (Å²) in [6.07, 6.45) is 1.21. The number of anilines is 1. The quantitative estimate of drug-likeness (QED) is 0.357. The van der Waals surface area contributed by atoms with Crippen molar-refractivity contribution in [3.05, 3.63) is 90.5 Å². The van der Waals surface area contributed by atoms with Crippen LogP contribution >= 0.6 is 0 Å². The van der Waals surface area contributed by atoms with Crippen molar-refractivity contribution in [2.24, 2.45) is 11.5 Å². The van der Waals surface area contributed by atoms with Crippen LogP contribution in [0, 0.1) is 0 Å². The average molecular weight is 410 g/mol. The Kier molecular flexibility index (Phi) is 5.39. The number of hydrogen-bond acceptors (Lipinski definition) is 3. The maximum absolute atomic E-state index is 12.1. The van der Waals surface area contributed by atoms with Crippen LogP contribution in [0.4, 0.5) is 5.69 Å². The summed E-state index contributed by atoms with van der Waals surface area (Å²) in [6, 6.07) is 21.0. The van der Waals surface area contributed by atoms with Gasteiger partial charge in [0.2, 0.25) is 5.91 Å². The lowest BCUT2D eigenvalue weighted by atomic mass is 9.93. The first-order valence-corrected chi connectivity index (χ1v) is 9.80. The summed E-state index contributed by atoms with van der Waals surface area (Å²) >= 11 is 0. The number of nitrogens with one attached hydrogen (secondary N) is 2. The first-order chi connectivity index (χ1) is 15.0. The van der Waals surface area contributed by atoms with Crippen molar-refractivity contribution in [1.29, 1.82) is 0 Å². The lowest BCUT2D eigenvalue weighted by Gasteiger charge is -2.15. The SMILES string of the molecule is C=CC(=O)Nc1cccc(-c2ccc(C(N)=O)c3[nH]c(-c4ccccc4)cc23)c1CN. The molecule has 31 heavy (non-hydrogen) atoms. The van der Waals surface area contributed by atoms with Crippen LogP contribution in [0.15, 0.2) is 79.4 Å². The van der Waals surface area contributed by atoms with Gasteiger partial charge >= 0.3 is 0 Å². The van der Waals surface area contributed by atoms with Crippen LogP contribution in [0.1, 0.15) is 15.9 Å². The van der Waals surface area contributed by atoms with Crippen LogP contribution in [0.25, 0.3) is 33.3 Å². The molecule has 6 N–H and O–H groups in total. The fourth-order valence-corrected chi connectivity index (χ4v) is 3.79. The standard InChI is InChI=1S/C25H22N4O2/c1-2-23(30)28-21-10-6-9-16(20(21)14-26)17-11-12-18(25(27)31)24-19(17)13-22(29-24)15-7-4-3-5-8-15/h2-13,29H,1,14,26H2,(H2,27,31)(H,28,30). The van der Waals surface area contributed by atoms with Crippen LogP contribution in [-0.2, 0) is 11.3 Å². The third kappa shape index (κ3) is 3.72. The van der Waals surface area contributed by atoms with Crippen molar-refractivity contribution in [1.82, 2.24) is 4.98 Å². The number of rotatable bonds is 6. The summed E-state index contributed by atoms with van der Waals surface area (Å²) < 4.78 is 0. The number of hydrogen-bond donors (Lipinski definition) is 4. The Morgan fingerprint density at radius 2 is 1.77 bits per heavy atom. The minimum Gasteiger partial charge on any atom is -0.366 e. The molecule has 6 nitrogen and oxygen atoms in total. The highest BCUT2D eigenvalue weighted by molar-refractivity contribution is 6.11. The molecule has 1 heterocycles. The van der Waals surface area contributed by atoms with E-state index in [4.69, 9.17) is 11.5 Å². The molecule has 0 saturated heterocycles. The van der Waals surface area contributed by atoms with Crippen LogP contribution in [0.2, 0.25) is 0 Å². The van der Waals surface area contributed by atoms with Crippen molar-refractivity contribution < 1.29 is 9.59 Å². The first-order valence-electron chi connectivity index (χ1n) is 9.80. The number of aromatic nitrogens is 1. The third-order valence-corrected chi connectivity index (χ3v) is 5.26. The Labute approximate surface area is 179 Å². The Morgan fingerprint density at radius 3 is 2.45 bits per heavy atom. The van der Waals surface area contributed by atoms with E-state index in [2.05, 4.69) is 16.9 Å². The Balaban J connectivity index is 1.97. The second-order valence-electron chi connectivity index (χ2n) is 7.09. The fraction of sp³-hybridized carbons (Fsp3) is 0.0400. The maximum atomic E-state index is 12.1.